The van der Waals surface area contributed by atoms with E-state index in [1.54, 1.807) is 7.11 Å². The molecule has 2 aromatic rings. The average Bonchev–Trinajstić information content (AvgIpc) is 2.52. The van der Waals surface area contributed by atoms with Crippen molar-refractivity contribution in [2.75, 3.05) is 7.11 Å². The number of para-hydroxylation sites is 1. The molecule has 0 fully saturated rings. The molecule has 0 radical (unpaired) electrons. The van der Waals surface area contributed by atoms with E-state index in [-0.39, 0.29) is 12.1 Å². The highest BCUT2D eigenvalue weighted by Crippen LogP contribution is 2.28. The number of nitrogens with one attached hydrogen (secondary N) is 1. The van der Waals surface area contributed by atoms with E-state index in [1.165, 1.54) is 11.1 Å². The van der Waals surface area contributed by atoms with Crippen LogP contribution in [0.25, 0.3) is 0 Å². The normalized spacial score (nSPS) is 13.7. The smallest absolute Gasteiger partial charge is 0.123 e. The molecule has 0 aliphatic carbocycles. The molecule has 0 saturated carbocycles. The van der Waals surface area contributed by atoms with Crippen LogP contribution in [0.3, 0.4) is 0 Å². The van der Waals surface area contributed by atoms with Gasteiger partial charge in [0.15, 0.2) is 0 Å². The van der Waals surface area contributed by atoms with Crippen molar-refractivity contribution in [3.8, 4) is 5.75 Å². The first-order chi connectivity index (χ1) is 10.2. The van der Waals surface area contributed by atoms with Crippen LogP contribution in [0.4, 0.5) is 0 Å². The lowest BCUT2D eigenvalue weighted by Crippen LogP contribution is -2.24. The lowest BCUT2D eigenvalue weighted by molar-refractivity contribution is 0.392. The van der Waals surface area contributed by atoms with Crippen LogP contribution in [0.15, 0.2) is 48.5 Å². The molecule has 1 unspecified atom stereocenters. The second kappa shape index (κ2) is 7.48. The highest BCUT2D eigenvalue weighted by Gasteiger charge is 2.16. The number of hydrogen-bond donors (Lipinski definition) is 1. The van der Waals surface area contributed by atoms with Gasteiger partial charge in [-0.05, 0) is 37.1 Å². The molecule has 2 nitrogen and oxygen atoms in total. The minimum atomic E-state index is 0.199. The fourth-order valence-corrected chi connectivity index (χ4v) is 2.79. The van der Waals surface area contributed by atoms with Crippen LogP contribution < -0.4 is 10.1 Å². The third kappa shape index (κ3) is 3.99. The number of halogens is 1. The summed E-state index contributed by atoms with van der Waals surface area (Å²) in [5, 5.41) is 4.44. The van der Waals surface area contributed by atoms with Crippen LogP contribution in [0, 0.1) is 0 Å². The zero-order valence-electron chi connectivity index (χ0n) is 12.8. The summed E-state index contributed by atoms with van der Waals surface area (Å²) in [7, 11) is 1.71. The van der Waals surface area contributed by atoms with Crippen molar-refractivity contribution in [3.63, 3.8) is 0 Å². The summed E-state index contributed by atoms with van der Waals surface area (Å²) in [6.07, 6.45) is 1.000. The van der Waals surface area contributed by atoms with Crippen molar-refractivity contribution in [1.29, 1.82) is 0 Å². The first kappa shape index (κ1) is 15.9. The lowest BCUT2D eigenvalue weighted by atomic mass is 10.0. The molecule has 2 rings (SSSR count). The molecule has 0 spiro atoms. The second-order valence-corrected chi connectivity index (χ2v) is 5.58. The Bertz CT molecular complexity index is 585. The van der Waals surface area contributed by atoms with Gasteiger partial charge in [0.1, 0.15) is 5.75 Å². The topological polar surface area (TPSA) is 21.3 Å². The molecule has 0 saturated heterocycles. The average molecular weight is 304 g/mol. The van der Waals surface area contributed by atoms with Crippen LogP contribution in [0.2, 0.25) is 5.02 Å². The van der Waals surface area contributed by atoms with Crippen molar-refractivity contribution < 1.29 is 4.74 Å². The summed E-state index contributed by atoms with van der Waals surface area (Å²) < 4.78 is 5.45. The molecular weight excluding hydrogens is 282 g/mol. The quantitative estimate of drug-likeness (QED) is 0.796. The predicted molar refractivity (Wildman–Crippen MR) is 89.0 cm³/mol. The Balaban J connectivity index is 2.18. The number of hydrogen-bond acceptors (Lipinski definition) is 2. The van der Waals surface area contributed by atoms with Gasteiger partial charge in [-0.3, -0.25) is 0 Å². The molecule has 2 atom stereocenters. The SMILES string of the molecule is CCC(N[C@@H](C)c1ccccc1OC)c1cccc(Cl)c1. The van der Waals surface area contributed by atoms with Crippen molar-refractivity contribution >= 4 is 11.6 Å². The summed E-state index contributed by atoms with van der Waals surface area (Å²) in [5.74, 6) is 0.915. The van der Waals surface area contributed by atoms with Gasteiger partial charge in [-0.1, -0.05) is 48.9 Å². The van der Waals surface area contributed by atoms with Crippen molar-refractivity contribution in [3.05, 3.63) is 64.7 Å². The van der Waals surface area contributed by atoms with Gasteiger partial charge in [0, 0.05) is 22.7 Å². The van der Waals surface area contributed by atoms with E-state index >= 15 is 0 Å². The van der Waals surface area contributed by atoms with E-state index in [9.17, 15) is 0 Å². The Kier molecular flexibility index (Phi) is 5.66. The lowest BCUT2D eigenvalue weighted by Gasteiger charge is -2.24. The van der Waals surface area contributed by atoms with Crippen LogP contribution >= 0.6 is 11.6 Å². The summed E-state index contributed by atoms with van der Waals surface area (Å²) in [6.45, 7) is 4.33. The van der Waals surface area contributed by atoms with E-state index in [1.807, 2.05) is 36.4 Å². The minimum Gasteiger partial charge on any atom is -0.496 e. The van der Waals surface area contributed by atoms with Crippen LogP contribution in [-0.2, 0) is 0 Å². The Labute approximate surface area is 132 Å². The fraction of sp³-hybridized carbons (Fsp3) is 0.333. The Hall–Kier alpha value is -1.51. The highest BCUT2D eigenvalue weighted by atomic mass is 35.5. The summed E-state index contributed by atoms with van der Waals surface area (Å²) in [4.78, 5) is 0. The maximum Gasteiger partial charge on any atom is 0.123 e. The van der Waals surface area contributed by atoms with Crippen LogP contribution in [-0.4, -0.2) is 7.11 Å². The molecule has 1 N–H and O–H groups in total. The van der Waals surface area contributed by atoms with Gasteiger partial charge in [0.2, 0.25) is 0 Å². The summed E-state index contributed by atoms with van der Waals surface area (Å²) in [5.41, 5.74) is 2.38. The molecule has 0 heterocycles. The minimum absolute atomic E-state index is 0.199. The van der Waals surface area contributed by atoms with E-state index in [4.69, 9.17) is 16.3 Å². The monoisotopic (exact) mass is 303 g/mol. The molecule has 0 amide bonds. The molecule has 21 heavy (non-hydrogen) atoms. The maximum absolute atomic E-state index is 6.10. The van der Waals surface area contributed by atoms with Crippen LogP contribution in [0.5, 0.6) is 5.75 Å². The standard InChI is InChI=1S/C18H22ClNO/c1-4-17(14-8-7-9-15(19)12-14)20-13(2)16-10-5-6-11-18(16)21-3/h5-13,17,20H,4H2,1-3H3/t13-,17?/m0/s1. The summed E-state index contributed by atoms with van der Waals surface area (Å²) in [6, 6.07) is 16.6. The number of rotatable bonds is 6. The molecule has 0 bridgehead atoms. The van der Waals surface area contributed by atoms with Gasteiger partial charge in [-0.15, -0.1) is 0 Å². The number of benzene rings is 2. The first-order valence-corrected chi connectivity index (χ1v) is 7.68. The largest absolute Gasteiger partial charge is 0.496 e. The Morgan fingerprint density at radius 3 is 2.57 bits per heavy atom. The van der Waals surface area contributed by atoms with Gasteiger partial charge in [0.25, 0.3) is 0 Å². The second-order valence-electron chi connectivity index (χ2n) is 5.15. The van der Waals surface area contributed by atoms with E-state index in [0.29, 0.717) is 0 Å². The Morgan fingerprint density at radius 1 is 1.14 bits per heavy atom. The molecule has 0 aromatic heterocycles. The molecule has 2 aromatic carbocycles. The third-order valence-corrected chi connectivity index (χ3v) is 3.95. The van der Waals surface area contributed by atoms with Gasteiger partial charge in [0.05, 0.1) is 7.11 Å². The number of ether oxygens (including phenoxy) is 1. The van der Waals surface area contributed by atoms with Crippen molar-refractivity contribution in [1.82, 2.24) is 5.32 Å². The van der Waals surface area contributed by atoms with E-state index in [2.05, 4.69) is 31.3 Å². The van der Waals surface area contributed by atoms with Crippen molar-refractivity contribution in [2.45, 2.75) is 32.4 Å². The van der Waals surface area contributed by atoms with Gasteiger partial charge < -0.3 is 10.1 Å². The zero-order chi connectivity index (χ0) is 15.2. The predicted octanol–water partition coefficient (Wildman–Crippen LogP) is 5.15. The molecule has 0 aliphatic heterocycles. The van der Waals surface area contributed by atoms with Gasteiger partial charge in [-0.25, -0.2) is 0 Å². The molecule has 112 valence electrons. The molecule has 3 heteroatoms. The van der Waals surface area contributed by atoms with E-state index in [0.717, 1.165) is 17.2 Å². The first-order valence-electron chi connectivity index (χ1n) is 7.30. The number of methoxy groups -OCH3 is 1. The Morgan fingerprint density at radius 2 is 1.90 bits per heavy atom. The third-order valence-electron chi connectivity index (χ3n) is 3.72. The molecule has 0 aliphatic rings. The highest BCUT2D eigenvalue weighted by molar-refractivity contribution is 6.30. The van der Waals surface area contributed by atoms with E-state index < -0.39 is 0 Å². The zero-order valence-corrected chi connectivity index (χ0v) is 13.5. The van der Waals surface area contributed by atoms with Gasteiger partial charge >= 0.3 is 0 Å². The van der Waals surface area contributed by atoms with Gasteiger partial charge in [-0.2, -0.15) is 0 Å². The molecular formula is C18H22ClNO. The summed E-state index contributed by atoms with van der Waals surface area (Å²) >= 11 is 6.10. The van der Waals surface area contributed by atoms with Crippen LogP contribution in [0.1, 0.15) is 43.5 Å². The fourth-order valence-electron chi connectivity index (χ4n) is 2.59. The van der Waals surface area contributed by atoms with Crippen molar-refractivity contribution in [2.24, 2.45) is 0 Å². The maximum atomic E-state index is 6.10.